The summed E-state index contributed by atoms with van der Waals surface area (Å²) in [7, 11) is 0. The molecule has 1 amide bonds. The molecule has 0 fully saturated rings. The highest BCUT2D eigenvalue weighted by molar-refractivity contribution is 6.42. The van der Waals surface area contributed by atoms with Gasteiger partial charge in [-0.25, -0.2) is 0 Å². The Bertz CT molecular complexity index is 422. The van der Waals surface area contributed by atoms with E-state index in [-0.39, 0.29) is 5.91 Å². The summed E-state index contributed by atoms with van der Waals surface area (Å²) in [5.74, 6) is 0.559. The molecule has 2 N–H and O–H groups in total. The molecule has 0 aromatic heterocycles. The largest absolute Gasteiger partial charge is 0.356 e. The van der Waals surface area contributed by atoms with Crippen LogP contribution in [0.2, 0.25) is 10.0 Å². The molecule has 0 aliphatic carbocycles. The summed E-state index contributed by atoms with van der Waals surface area (Å²) in [6, 6.07) is 5.52. The van der Waals surface area contributed by atoms with Crippen molar-refractivity contribution in [2.24, 2.45) is 5.92 Å². The molecule has 0 saturated heterocycles. The maximum atomic E-state index is 11.5. The van der Waals surface area contributed by atoms with Crippen molar-refractivity contribution in [3.63, 3.8) is 0 Å². The molecule has 0 aliphatic rings. The van der Waals surface area contributed by atoms with Crippen LogP contribution in [0, 0.1) is 5.92 Å². The van der Waals surface area contributed by atoms with Crippen LogP contribution >= 0.6 is 23.2 Å². The second-order valence-corrected chi connectivity index (χ2v) is 5.69. The quantitative estimate of drug-likeness (QED) is 0.759. The van der Waals surface area contributed by atoms with E-state index in [0.717, 1.165) is 12.1 Å². The third-order valence-electron chi connectivity index (χ3n) is 2.55. The second kappa shape index (κ2) is 8.41. The summed E-state index contributed by atoms with van der Waals surface area (Å²) in [6.45, 7) is 6.19. The highest BCUT2D eigenvalue weighted by atomic mass is 35.5. The van der Waals surface area contributed by atoms with E-state index in [2.05, 4.69) is 24.5 Å². The van der Waals surface area contributed by atoms with E-state index in [1.807, 2.05) is 12.1 Å². The number of amides is 1. The molecule has 0 saturated carbocycles. The first-order valence-electron chi connectivity index (χ1n) is 6.40. The molecule has 0 spiro atoms. The summed E-state index contributed by atoms with van der Waals surface area (Å²) in [4.78, 5) is 11.5. The van der Waals surface area contributed by atoms with Gasteiger partial charge in [-0.3, -0.25) is 4.79 Å². The molecule has 0 bridgehead atoms. The fourth-order valence-electron chi connectivity index (χ4n) is 1.49. The van der Waals surface area contributed by atoms with Crippen molar-refractivity contribution in [2.75, 3.05) is 13.1 Å². The molecule has 3 nitrogen and oxygen atoms in total. The van der Waals surface area contributed by atoms with E-state index >= 15 is 0 Å². The zero-order valence-electron chi connectivity index (χ0n) is 11.3. The van der Waals surface area contributed by atoms with Crippen LogP contribution in [-0.4, -0.2) is 19.0 Å². The van der Waals surface area contributed by atoms with Crippen LogP contribution in [0.3, 0.4) is 0 Å². The van der Waals surface area contributed by atoms with Gasteiger partial charge in [0.15, 0.2) is 0 Å². The zero-order chi connectivity index (χ0) is 14.3. The summed E-state index contributed by atoms with van der Waals surface area (Å²) in [5.41, 5.74) is 1.05. The molecule has 0 unspecified atom stereocenters. The van der Waals surface area contributed by atoms with Crippen molar-refractivity contribution in [1.29, 1.82) is 0 Å². The number of rotatable bonds is 7. The van der Waals surface area contributed by atoms with Gasteiger partial charge >= 0.3 is 0 Å². The van der Waals surface area contributed by atoms with Gasteiger partial charge in [-0.05, 0) is 23.6 Å². The Balaban J connectivity index is 2.20. The summed E-state index contributed by atoms with van der Waals surface area (Å²) in [5, 5.41) is 7.19. The minimum absolute atomic E-state index is 0.0790. The number of carbonyl (C=O) groups excluding carboxylic acids is 1. The first kappa shape index (κ1) is 16.3. The van der Waals surface area contributed by atoms with Gasteiger partial charge in [0.2, 0.25) is 5.91 Å². The Hall–Kier alpha value is -0.770. The van der Waals surface area contributed by atoms with E-state index in [1.165, 1.54) is 0 Å². The molecule has 0 aliphatic heterocycles. The fraction of sp³-hybridized carbons (Fsp3) is 0.500. The second-order valence-electron chi connectivity index (χ2n) is 4.87. The highest BCUT2D eigenvalue weighted by Gasteiger charge is 2.02. The molecule has 5 heteroatoms. The van der Waals surface area contributed by atoms with Crippen molar-refractivity contribution in [3.8, 4) is 0 Å². The maximum absolute atomic E-state index is 11.5. The lowest BCUT2D eigenvalue weighted by atomic mass is 10.2. The molecule has 19 heavy (non-hydrogen) atoms. The summed E-state index contributed by atoms with van der Waals surface area (Å²) >= 11 is 11.8. The van der Waals surface area contributed by atoms with E-state index in [1.54, 1.807) is 6.07 Å². The fourth-order valence-corrected chi connectivity index (χ4v) is 1.81. The van der Waals surface area contributed by atoms with Crippen molar-refractivity contribution in [1.82, 2.24) is 10.6 Å². The third kappa shape index (κ3) is 6.81. The Morgan fingerprint density at radius 3 is 2.63 bits per heavy atom. The van der Waals surface area contributed by atoms with Crippen LogP contribution in [-0.2, 0) is 11.3 Å². The lowest BCUT2D eigenvalue weighted by Crippen LogP contribution is -2.30. The number of carbonyl (C=O) groups is 1. The highest BCUT2D eigenvalue weighted by Crippen LogP contribution is 2.22. The number of hydrogen-bond acceptors (Lipinski definition) is 2. The molecular weight excluding hydrogens is 283 g/mol. The number of nitrogens with one attached hydrogen (secondary N) is 2. The van der Waals surface area contributed by atoms with Gasteiger partial charge in [-0.2, -0.15) is 0 Å². The zero-order valence-corrected chi connectivity index (χ0v) is 12.8. The van der Waals surface area contributed by atoms with Gasteiger partial charge in [0.1, 0.15) is 0 Å². The van der Waals surface area contributed by atoms with Crippen LogP contribution in [0.1, 0.15) is 25.8 Å². The van der Waals surface area contributed by atoms with Gasteiger partial charge in [0.05, 0.1) is 10.0 Å². The average molecular weight is 303 g/mol. The minimum Gasteiger partial charge on any atom is -0.356 e. The number of hydrogen-bond donors (Lipinski definition) is 2. The minimum atomic E-state index is 0.0790. The monoisotopic (exact) mass is 302 g/mol. The lowest BCUT2D eigenvalue weighted by Gasteiger charge is -2.08. The van der Waals surface area contributed by atoms with Crippen LogP contribution in [0.25, 0.3) is 0 Å². The SMILES string of the molecule is CC(C)CNC(=O)CCNCc1ccc(Cl)c(Cl)c1. The molecule has 0 radical (unpaired) electrons. The van der Waals surface area contributed by atoms with Gasteiger partial charge in [0.25, 0.3) is 0 Å². The van der Waals surface area contributed by atoms with Crippen LogP contribution in [0.4, 0.5) is 0 Å². The van der Waals surface area contributed by atoms with E-state index in [4.69, 9.17) is 23.2 Å². The molecule has 0 heterocycles. The van der Waals surface area contributed by atoms with Gasteiger partial charge < -0.3 is 10.6 Å². The van der Waals surface area contributed by atoms with Gasteiger partial charge in [-0.15, -0.1) is 0 Å². The summed E-state index contributed by atoms with van der Waals surface area (Å²) in [6.07, 6.45) is 0.480. The maximum Gasteiger partial charge on any atom is 0.221 e. The Kier molecular flexibility index (Phi) is 7.21. The van der Waals surface area contributed by atoms with Crippen LogP contribution < -0.4 is 10.6 Å². The molecule has 1 aromatic carbocycles. The van der Waals surface area contributed by atoms with Crippen molar-refractivity contribution >= 4 is 29.1 Å². The predicted octanol–water partition coefficient (Wildman–Crippen LogP) is 3.25. The molecular formula is C14H20Cl2N2O. The van der Waals surface area contributed by atoms with Crippen LogP contribution in [0.15, 0.2) is 18.2 Å². The van der Waals surface area contributed by atoms with Crippen molar-refractivity contribution < 1.29 is 4.79 Å². The Morgan fingerprint density at radius 2 is 2.00 bits per heavy atom. The number of benzene rings is 1. The molecule has 0 atom stereocenters. The van der Waals surface area contributed by atoms with Crippen molar-refractivity contribution in [2.45, 2.75) is 26.8 Å². The topological polar surface area (TPSA) is 41.1 Å². The predicted molar refractivity (Wildman–Crippen MR) is 80.6 cm³/mol. The van der Waals surface area contributed by atoms with Crippen molar-refractivity contribution in [3.05, 3.63) is 33.8 Å². The molecule has 1 rings (SSSR count). The average Bonchev–Trinajstić information content (AvgIpc) is 2.36. The standard InChI is InChI=1S/C14H20Cl2N2O/c1-10(2)8-18-14(19)5-6-17-9-11-3-4-12(15)13(16)7-11/h3-4,7,10,17H,5-6,8-9H2,1-2H3,(H,18,19). The van der Waals surface area contributed by atoms with E-state index in [9.17, 15) is 4.79 Å². The van der Waals surface area contributed by atoms with Gasteiger partial charge in [-0.1, -0.05) is 43.1 Å². The summed E-state index contributed by atoms with van der Waals surface area (Å²) < 4.78 is 0. The van der Waals surface area contributed by atoms with Gasteiger partial charge in [0, 0.05) is 26.1 Å². The van der Waals surface area contributed by atoms with E-state index < -0.39 is 0 Å². The first-order valence-corrected chi connectivity index (χ1v) is 7.16. The smallest absolute Gasteiger partial charge is 0.221 e. The first-order chi connectivity index (χ1) is 8.99. The molecule has 106 valence electrons. The van der Waals surface area contributed by atoms with Crippen LogP contribution in [0.5, 0.6) is 0 Å². The number of halogens is 2. The Morgan fingerprint density at radius 1 is 1.26 bits per heavy atom. The normalized spacial score (nSPS) is 10.8. The van der Waals surface area contributed by atoms with E-state index in [0.29, 0.717) is 35.5 Å². The lowest BCUT2D eigenvalue weighted by molar-refractivity contribution is -0.121. The Labute approximate surface area is 124 Å². The molecule has 1 aromatic rings. The third-order valence-corrected chi connectivity index (χ3v) is 3.29.